The first-order valence-electron chi connectivity index (χ1n) is 7.21. The minimum absolute atomic E-state index is 0.544. The molecule has 0 aromatic carbocycles. The van der Waals surface area contributed by atoms with Crippen LogP contribution in [0.5, 0.6) is 0 Å². The van der Waals surface area contributed by atoms with Crippen LogP contribution in [-0.2, 0) is 12.7 Å². The van der Waals surface area contributed by atoms with E-state index in [4.69, 9.17) is 0 Å². The average molecular weight is 320 g/mol. The first-order valence-corrected chi connectivity index (χ1v) is 8.03. The molecule has 2 fully saturated rings. The molecule has 1 atom stereocenters. The highest BCUT2D eigenvalue weighted by Gasteiger charge is 2.35. The van der Waals surface area contributed by atoms with Crippen LogP contribution < -0.4 is 5.32 Å². The molecule has 0 spiro atoms. The first kappa shape index (κ1) is 15.2. The lowest BCUT2D eigenvalue weighted by Gasteiger charge is -2.32. The molecule has 1 unspecified atom stereocenters. The van der Waals surface area contributed by atoms with Gasteiger partial charge in [0.1, 0.15) is 0 Å². The monoisotopic (exact) mass is 320 g/mol. The summed E-state index contributed by atoms with van der Waals surface area (Å²) in [6, 6.07) is 0.544. The Morgan fingerprint density at radius 1 is 1.29 bits per heavy atom. The Bertz CT molecular complexity index is 470. The van der Waals surface area contributed by atoms with Crippen molar-refractivity contribution in [2.24, 2.45) is 0 Å². The number of likely N-dealkylation sites (tertiary alicyclic amines) is 1. The lowest BCUT2D eigenvalue weighted by molar-refractivity contribution is -0.137. The van der Waals surface area contributed by atoms with Crippen LogP contribution in [-0.4, -0.2) is 60.1 Å². The van der Waals surface area contributed by atoms with Crippen molar-refractivity contribution in [3.8, 4) is 0 Å². The van der Waals surface area contributed by atoms with Crippen molar-refractivity contribution in [1.82, 2.24) is 20.1 Å². The number of halogens is 3. The lowest BCUT2D eigenvalue weighted by atomic mass is 10.2. The van der Waals surface area contributed by atoms with E-state index in [9.17, 15) is 13.2 Å². The van der Waals surface area contributed by atoms with Crippen LogP contribution in [0.4, 0.5) is 13.2 Å². The Morgan fingerprint density at radius 3 is 2.71 bits per heavy atom. The van der Waals surface area contributed by atoms with E-state index in [1.165, 1.54) is 6.20 Å². The van der Waals surface area contributed by atoms with E-state index in [0.29, 0.717) is 17.5 Å². The summed E-state index contributed by atoms with van der Waals surface area (Å²) in [5, 5.41) is 2.60. The largest absolute Gasteiger partial charge is 0.443 e. The number of aromatic nitrogens is 1. The highest BCUT2D eigenvalue weighted by molar-refractivity contribution is 7.11. The van der Waals surface area contributed by atoms with Gasteiger partial charge in [0.15, 0.2) is 5.01 Å². The Balaban J connectivity index is 1.53. The summed E-state index contributed by atoms with van der Waals surface area (Å²) in [5.41, 5.74) is 0. The average Bonchev–Trinajstić information content (AvgIpc) is 3.09. The molecule has 3 heterocycles. The third kappa shape index (κ3) is 3.74. The molecule has 0 amide bonds. The minimum Gasteiger partial charge on any atom is -0.314 e. The van der Waals surface area contributed by atoms with Crippen LogP contribution in [0.2, 0.25) is 0 Å². The van der Waals surface area contributed by atoms with Crippen LogP contribution in [0.25, 0.3) is 0 Å². The maximum absolute atomic E-state index is 12.5. The zero-order chi connectivity index (χ0) is 14.9. The highest BCUT2D eigenvalue weighted by atomic mass is 32.1. The van der Waals surface area contributed by atoms with E-state index in [1.807, 2.05) is 0 Å². The SMILES string of the molecule is FC(F)(F)c1ncc(CN2CCC(N3CCNCC3)C2)s1. The van der Waals surface area contributed by atoms with E-state index >= 15 is 0 Å². The quantitative estimate of drug-likeness (QED) is 0.917. The second kappa shape index (κ2) is 6.20. The van der Waals surface area contributed by atoms with E-state index in [0.717, 1.165) is 57.0 Å². The van der Waals surface area contributed by atoms with Crippen LogP contribution in [0.3, 0.4) is 0 Å². The van der Waals surface area contributed by atoms with E-state index in [-0.39, 0.29) is 0 Å². The summed E-state index contributed by atoms with van der Waals surface area (Å²) in [6.45, 7) is 6.67. The normalized spacial score (nSPS) is 25.6. The van der Waals surface area contributed by atoms with Gasteiger partial charge in [-0.15, -0.1) is 11.3 Å². The minimum atomic E-state index is -4.32. The van der Waals surface area contributed by atoms with Crippen molar-refractivity contribution >= 4 is 11.3 Å². The van der Waals surface area contributed by atoms with Gasteiger partial charge in [0.25, 0.3) is 0 Å². The van der Waals surface area contributed by atoms with Gasteiger partial charge >= 0.3 is 6.18 Å². The molecule has 21 heavy (non-hydrogen) atoms. The molecule has 118 valence electrons. The van der Waals surface area contributed by atoms with Crippen LogP contribution >= 0.6 is 11.3 Å². The fraction of sp³-hybridized carbons (Fsp3) is 0.769. The molecule has 4 nitrogen and oxygen atoms in total. The van der Waals surface area contributed by atoms with E-state index in [1.54, 1.807) is 0 Å². The number of hydrogen-bond acceptors (Lipinski definition) is 5. The summed E-state index contributed by atoms with van der Waals surface area (Å²) >= 11 is 0.762. The summed E-state index contributed by atoms with van der Waals surface area (Å²) < 4.78 is 37.6. The molecular formula is C13H19F3N4S. The molecule has 3 rings (SSSR count). The number of alkyl halides is 3. The van der Waals surface area contributed by atoms with E-state index < -0.39 is 11.2 Å². The van der Waals surface area contributed by atoms with Gasteiger partial charge in [-0.3, -0.25) is 9.80 Å². The molecule has 8 heteroatoms. The molecule has 0 saturated carbocycles. The van der Waals surface area contributed by atoms with Crippen molar-refractivity contribution in [2.45, 2.75) is 25.2 Å². The standard InChI is InChI=1S/C13H19F3N4S/c14-13(15,16)12-18-7-11(21-12)9-19-4-1-10(8-19)20-5-2-17-3-6-20/h7,10,17H,1-6,8-9H2. The predicted octanol–water partition coefficient (Wildman–Crippen LogP) is 1.64. The molecule has 1 aromatic rings. The van der Waals surface area contributed by atoms with Gasteiger partial charge in [-0.25, -0.2) is 4.98 Å². The van der Waals surface area contributed by atoms with Crippen molar-refractivity contribution in [2.75, 3.05) is 39.3 Å². The zero-order valence-electron chi connectivity index (χ0n) is 11.7. The Morgan fingerprint density at radius 2 is 2.05 bits per heavy atom. The molecule has 0 bridgehead atoms. The Hall–Kier alpha value is -0.700. The molecule has 2 aliphatic heterocycles. The third-order valence-corrected chi connectivity index (χ3v) is 5.12. The Labute approximate surface area is 125 Å². The van der Waals surface area contributed by atoms with Crippen molar-refractivity contribution in [3.63, 3.8) is 0 Å². The summed E-state index contributed by atoms with van der Waals surface area (Å²) in [6.07, 6.45) is -1.85. The molecular weight excluding hydrogens is 301 g/mol. The maximum atomic E-state index is 12.5. The van der Waals surface area contributed by atoms with Gasteiger partial charge in [0.2, 0.25) is 0 Å². The Kier molecular flexibility index (Phi) is 4.49. The van der Waals surface area contributed by atoms with Gasteiger partial charge in [-0.05, 0) is 6.42 Å². The number of thiazole rings is 1. The fourth-order valence-electron chi connectivity index (χ4n) is 3.03. The van der Waals surface area contributed by atoms with Crippen molar-refractivity contribution in [1.29, 1.82) is 0 Å². The van der Waals surface area contributed by atoms with Crippen LogP contribution in [0, 0.1) is 0 Å². The van der Waals surface area contributed by atoms with Crippen molar-refractivity contribution in [3.05, 3.63) is 16.1 Å². The second-order valence-electron chi connectivity index (χ2n) is 5.59. The van der Waals surface area contributed by atoms with E-state index in [2.05, 4.69) is 20.1 Å². The number of rotatable bonds is 3. The predicted molar refractivity (Wildman–Crippen MR) is 75.2 cm³/mol. The van der Waals surface area contributed by atoms with Crippen LogP contribution in [0.1, 0.15) is 16.3 Å². The third-order valence-electron chi connectivity index (χ3n) is 4.09. The lowest BCUT2D eigenvalue weighted by Crippen LogP contribution is -2.49. The molecule has 2 saturated heterocycles. The van der Waals surface area contributed by atoms with Gasteiger partial charge < -0.3 is 5.32 Å². The second-order valence-corrected chi connectivity index (χ2v) is 6.71. The molecule has 1 N–H and O–H groups in total. The van der Waals surface area contributed by atoms with Crippen molar-refractivity contribution < 1.29 is 13.2 Å². The van der Waals surface area contributed by atoms with Gasteiger partial charge in [0, 0.05) is 62.9 Å². The van der Waals surface area contributed by atoms with Gasteiger partial charge in [-0.2, -0.15) is 13.2 Å². The van der Waals surface area contributed by atoms with Crippen LogP contribution in [0.15, 0.2) is 6.20 Å². The number of nitrogens with zero attached hydrogens (tertiary/aromatic N) is 3. The molecule has 0 radical (unpaired) electrons. The first-order chi connectivity index (χ1) is 10.0. The van der Waals surface area contributed by atoms with Gasteiger partial charge in [0.05, 0.1) is 0 Å². The fourth-order valence-corrected chi connectivity index (χ4v) is 3.86. The number of hydrogen-bond donors (Lipinski definition) is 1. The molecule has 0 aliphatic carbocycles. The maximum Gasteiger partial charge on any atom is 0.443 e. The zero-order valence-corrected chi connectivity index (χ0v) is 12.5. The molecule has 1 aromatic heterocycles. The topological polar surface area (TPSA) is 31.4 Å². The summed E-state index contributed by atoms with van der Waals surface area (Å²) in [4.78, 5) is 8.91. The smallest absolute Gasteiger partial charge is 0.314 e. The van der Waals surface area contributed by atoms with Gasteiger partial charge in [-0.1, -0.05) is 0 Å². The highest BCUT2D eigenvalue weighted by Crippen LogP contribution is 2.33. The number of nitrogens with one attached hydrogen (secondary N) is 1. The summed E-state index contributed by atoms with van der Waals surface area (Å²) in [7, 11) is 0. The molecule has 2 aliphatic rings. The summed E-state index contributed by atoms with van der Waals surface area (Å²) in [5.74, 6) is 0. The number of piperazine rings is 1.